The monoisotopic (exact) mass is 333 g/mol. The molecule has 24 heavy (non-hydrogen) atoms. The highest BCUT2D eigenvalue weighted by Gasteiger charge is 2.14. The highest BCUT2D eigenvalue weighted by Crippen LogP contribution is 2.22. The molecule has 1 saturated carbocycles. The zero-order chi connectivity index (χ0) is 17.4. The lowest BCUT2D eigenvalue weighted by atomic mass is 9.89. The quantitative estimate of drug-likeness (QED) is 0.469. The molecule has 0 atom stereocenters. The number of aliphatic carboxylic acids is 1. The van der Waals surface area contributed by atoms with E-state index in [0.717, 1.165) is 6.54 Å². The first-order valence-electron chi connectivity index (χ1n) is 8.16. The number of rotatable bonds is 6. The number of nitrogens with one attached hydrogen (secondary N) is 2. The Hall–Kier alpha value is -2.57. The number of aliphatic imine (C=N–C) groups is 1. The SMILES string of the molecule is O=C(O)CNC(=Nc1ccc(C(=O)O)cc1)NCC1CCCCC1. The van der Waals surface area contributed by atoms with Crippen molar-refractivity contribution in [2.45, 2.75) is 32.1 Å². The number of benzene rings is 1. The molecular weight excluding hydrogens is 310 g/mol. The molecule has 0 unspecified atom stereocenters. The Morgan fingerprint density at radius 3 is 2.29 bits per heavy atom. The molecule has 0 aromatic heterocycles. The number of carboxylic acid groups (broad SMARTS) is 2. The average Bonchev–Trinajstić information content (AvgIpc) is 2.58. The Morgan fingerprint density at radius 2 is 1.71 bits per heavy atom. The van der Waals surface area contributed by atoms with Crippen LogP contribution in [0.2, 0.25) is 0 Å². The maximum Gasteiger partial charge on any atom is 0.335 e. The fraction of sp³-hybridized carbons (Fsp3) is 0.471. The van der Waals surface area contributed by atoms with E-state index in [1.54, 1.807) is 12.1 Å². The van der Waals surface area contributed by atoms with Crippen LogP contribution >= 0.6 is 0 Å². The van der Waals surface area contributed by atoms with Crippen LogP contribution < -0.4 is 10.6 Å². The minimum Gasteiger partial charge on any atom is -0.480 e. The summed E-state index contributed by atoms with van der Waals surface area (Å²) < 4.78 is 0. The molecule has 0 amide bonds. The first-order chi connectivity index (χ1) is 11.5. The van der Waals surface area contributed by atoms with Crippen LogP contribution in [0.3, 0.4) is 0 Å². The van der Waals surface area contributed by atoms with Gasteiger partial charge in [-0.3, -0.25) is 4.79 Å². The van der Waals surface area contributed by atoms with E-state index >= 15 is 0 Å². The number of hydrogen-bond donors (Lipinski definition) is 4. The smallest absolute Gasteiger partial charge is 0.335 e. The second-order valence-corrected chi connectivity index (χ2v) is 5.94. The van der Waals surface area contributed by atoms with E-state index in [-0.39, 0.29) is 12.1 Å². The summed E-state index contributed by atoms with van der Waals surface area (Å²) in [6.45, 7) is 0.516. The van der Waals surface area contributed by atoms with Crippen molar-refractivity contribution < 1.29 is 19.8 Å². The van der Waals surface area contributed by atoms with Crippen LogP contribution in [0.25, 0.3) is 0 Å². The number of carboxylic acids is 2. The van der Waals surface area contributed by atoms with Crippen molar-refractivity contribution in [3.63, 3.8) is 0 Å². The molecule has 1 fully saturated rings. The first-order valence-corrected chi connectivity index (χ1v) is 8.16. The molecule has 130 valence electrons. The molecule has 4 N–H and O–H groups in total. The van der Waals surface area contributed by atoms with E-state index in [9.17, 15) is 9.59 Å². The second-order valence-electron chi connectivity index (χ2n) is 5.94. The summed E-state index contributed by atoms with van der Waals surface area (Å²) in [7, 11) is 0. The molecule has 0 spiro atoms. The van der Waals surface area contributed by atoms with Crippen LogP contribution in [0.15, 0.2) is 29.3 Å². The van der Waals surface area contributed by atoms with Crippen molar-refractivity contribution in [2.75, 3.05) is 13.1 Å². The molecule has 0 heterocycles. The number of nitrogens with zero attached hydrogens (tertiary/aromatic N) is 1. The van der Waals surface area contributed by atoms with Gasteiger partial charge in [0.1, 0.15) is 6.54 Å². The van der Waals surface area contributed by atoms with Crippen molar-refractivity contribution >= 4 is 23.6 Å². The summed E-state index contributed by atoms with van der Waals surface area (Å²) in [6.07, 6.45) is 6.10. The van der Waals surface area contributed by atoms with Gasteiger partial charge in [-0.15, -0.1) is 0 Å². The zero-order valence-corrected chi connectivity index (χ0v) is 13.5. The van der Waals surface area contributed by atoms with Crippen molar-refractivity contribution in [1.82, 2.24) is 10.6 Å². The molecule has 1 aliphatic rings. The fourth-order valence-corrected chi connectivity index (χ4v) is 2.74. The van der Waals surface area contributed by atoms with Gasteiger partial charge in [-0.25, -0.2) is 9.79 Å². The summed E-state index contributed by atoms with van der Waals surface area (Å²) in [5, 5.41) is 23.7. The van der Waals surface area contributed by atoms with E-state index in [2.05, 4.69) is 15.6 Å². The third-order valence-corrected chi connectivity index (χ3v) is 4.05. The van der Waals surface area contributed by atoms with Crippen molar-refractivity contribution in [3.8, 4) is 0 Å². The maximum absolute atomic E-state index is 10.9. The van der Waals surface area contributed by atoms with Crippen LogP contribution in [0.4, 0.5) is 5.69 Å². The molecule has 7 heteroatoms. The molecule has 1 aliphatic carbocycles. The van der Waals surface area contributed by atoms with E-state index < -0.39 is 11.9 Å². The molecule has 0 aliphatic heterocycles. The standard InChI is InChI=1S/C17H23N3O4/c21-15(22)11-19-17(18-10-12-4-2-1-3-5-12)20-14-8-6-13(7-9-14)16(23)24/h6-9,12H,1-5,10-11H2,(H,21,22)(H,23,24)(H2,18,19,20). The molecule has 0 saturated heterocycles. The summed E-state index contributed by atoms with van der Waals surface area (Å²) in [4.78, 5) is 26.0. The zero-order valence-electron chi connectivity index (χ0n) is 13.5. The Bertz CT molecular complexity index is 592. The van der Waals surface area contributed by atoms with Crippen LogP contribution in [-0.2, 0) is 4.79 Å². The molecule has 1 aromatic rings. The van der Waals surface area contributed by atoms with Crippen molar-refractivity contribution in [3.05, 3.63) is 29.8 Å². The summed E-state index contributed by atoms with van der Waals surface area (Å²) >= 11 is 0. The van der Waals surface area contributed by atoms with Gasteiger partial charge in [0.2, 0.25) is 0 Å². The van der Waals surface area contributed by atoms with E-state index in [0.29, 0.717) is 17.6 Å². The molecule has 1 aromatic carbocycles. The Balaban J connectivity index is 2.02. The lowest BCUT2D eigenvalue weighted by molar-refractivity contribution is -0.135. The molecular formula is C17H23N3O4. The summed E-state index contributed by atoms with van der Waals surface area (Å²) in [6, 6.07) is 6.12. The van der Waals surface area contributed by atoms with Gasteiger partial charge in [-0.1, -0.05) is 19.3 Å². The highest BCUT2D eigenvalue weighted by atomic mass is 16.4. The lowest BCUT2D eigenvalue weighted by Crippen LogP contribution is -2.42. The topological polar surface area (TPSA) is 111 Å². The van der Waals surface area contributed by atoms with Crippen LogP contribution in [0.1, 0.15) is 42.5 Å². The number of hydrogen-bond acceptors (Lipinski definition) is 3. The maximum atomic E-state index is 10.9. The molecule has 7 nitrogen and oxygen atoms in total. The Kier molecular flexibility index (Phi) is 6.60. The van der Waals surface area contributed by atoms with Gasteiger partial charge in [0, 0.05) is 6.54 Å². The largest absolute Gasteiger partial charge is 0.480 e. The molecule has 0 radical (unpaired) electrons. The molecule has 0 bridgehead atoms. The fourth-order valence-electron chi connectivity index (χ4n) is 2.74. The van der Waals surface area contributed by atoms with Gasteiger partial charge in [0.15, 0.2) is 5.96 Å². The minimum absolute atomic E-state index is 0.184. The second kappa shape index (κ2) is 8.90. The number of aromatic carboxylic acids is 1. The molecule has 2 rings (SSSR count). The van der Waals surface area contributed by atoms with Gasteiger partial charge in [-0.05, 0) is 43.0 Å². The highest BCUT2D eigenvalue weighted by molar-refractivity contribution is 5.89. The lowest BCUT2D eigenvalue weighted by Gasteiger charge is -2.22. The average molecular weight is 333 g/mol. The summed E-state index contributed by atoms with van der Waals surface area (Å²) in [5.74, 6) is -0.996. The van der Waals surface area contributed by atoms with Gasteiger partial charge in [0.05, 0.1) is 11.3 Å². The van der Waals surface area contributed by atoms with Crippen LogP contribution in [0, 0.1) is 5.92 Å². The van der Waals surface area contributed by atoms with E-state index in [1.807, 2.05) is 0 Å². The number of guanidine groups is 1. The van der Waals surface area contributed by atoms with Crippen molar-refractivity contribution in [2.24, 2.45) is 10.9 Å². The van der Waals surface area contributed by atoms with Gasteiger partial charge >= 0.3 is 11.9 Å². The first kappa shape index (κ1) is 17.8. The van der Waals surface area contributed by atoms with Gasteiger partial charge in [0.25, 0.3) is 0 Å². The van der Waals surface area contributed by atoms with E-state index in [1.165, 1.54) is 44.2 Å². The van der Waals surface area contributed by atoms with Gasteiger partial charge in [-0.2, -0.15) is 0 Å². The summed E-state index contributed by atoms with van der Waals surface area (Å²) in [5.41, 5.74) is 0.744. The van der Waals surface area contributed by atoms with Crippen LogP contribution in [0.5, 0.6) is 0 Å². The third-order valence-electron chi connectivity index (χ3n) is 4.05. The predicted molar refractivity (Wildman–Crippen MR) is 90.7 cm³/mol. The predicted octanol–water partition coefficient (Wildman–Crippen LogP) is 2.22. The van der Waals surface area contributed by atoms with Crippen molar-refractivity contribution in [1.29, 1.82) is 0 Å². The third kappa shape index (κ3) is 5.91. The van der Waals surface area contributed by atoms with Crippen LogP contribution in [-0.4, -0.2) is 41.2 Å². The number of carbonyl (C=O) groups is 2. The Morgan fingerprint density at radius 1 is 1.04 bits per heavy atom. The Labute approximate surface area is 140 Å². The van der Waals surface area contributed by atoms with E-state index in [4.69, 9.17) is 10.2 Å². The van der Waals surface area contributed by atoms with Gasteiger partial charge < -0.3 is 20.8 Å². The normalized spacial score (nSPS) is 15.8. The minimum atomic E-state index is -0.995.